The normalized spacial score (nSPS) is 18.2. The molecule has 6 heteroatoms. The molecule has 0 spiro atoms. The molecule has 3 unspecified atom stereocenters. The van der Waals surface area contributed by atoms with Crippen molar-refractivity contribution in [3.05, 3.63) is 168 Å². The molecule has 7 aromatic carbocycles. The van der Waals surface area contributed by atoms with Crippen LogP contribution < -0.4 is 16.0 Å². The molecule has 4 heterocycles. The minimum Gasteiger partial charge on any atom is -0.456 e. The second-order valence-corrected chi connectivity index (χ2v) is 15.5. The second-order valence-electron chi connectivity index (χ2n) is 13.4. The van der Waals surface area contributed by atoms with Crippen molar-refractivity contribution in [2.75, 3.05) is 0 Å². The van der Waals surface area contributed by atoms with Gasteiger partial charge in [-0.05, 0) is 70.3 Å². The minimum atomic E-state index is -0.110. The molecular formula is C45H31N3OS2. The van der Waals surface area contributed by atoms with E-state index in [0.717, 1.165) is 21.9 Å². The lowest BCUT2D eigenvalue weighted by molar-refractivity contribution is 0.204. The van der Waals surface area contributed by atoms with Gasteiger partial charge in [0.2, 0.25) is 0 Å². The van der Waals surface area contributed by atoms with E-state index in [2.05, 4.69) is 168 Å². The maximum Gasteiger partial charge on any atom is 0.136 e. The van der Waals surface area contributed by atoms with E-state index in [0.29, 0.717) is 0 Å². The molecule has 11 rings (SSSR count). The van der Waals surface area contributed by atoms with Crippen LogP contribution in [0.4, 0.5) is 0 Å². The molecule has 51 heavy (non-hydrogen) atoms. The fourth-order valence-electron chi connectivity index (χ4n) is 8.01. The Balaban J connectivity index is 1.00. The number of hydrogen-bond acceptors (Lipinski definition) is 6. The first kappa shape index (κ1) is 29.4. The lowest BCUT2D eigenvalue weighted by Gasteiger charge is -2.40. The van der Waals surface area contributed by atoms with E-state index < -0.39 is 0 Å². The summed E-state index contributed by atoms with van der Waals surface area (Å²) in [5.41, 5.74) is 7.83. The Bertz CT molecular complexity index is 2940. The van der Waals surface area contributed by atoms with Crippen LogP contribution in [0.1, 0.15) is 35.2 Å². The highest BCUT2D eigenvalue weighted by Crippen LogP contribution is 2.42. The zero-order chi connectivity index (χ0) is 33.5. The van der Waals surface area contributed by atoms with Gasteiger partial charge in [0.05, 0.1) is 18.5 Å². The highest BCUT2D eigenvalue weighted by Gasteiger charge is 2.31. The van der Waals surface area contributed by atoms with Crippen LogP contribution in [0.3, 0.4) is 0 Å². The Morgan fingerprint density at radius 2 is 1.14 bits per heavy atom. The summed E-state index contributed by atoms with van der Waals surface area (Å²) >= 11 is 3.72. The van der Waals surface area contributed by atoms with Crippen LogP contribution in [0, 0.1) is 0 Å². The zero-order valence-electron chi connectivity index (χ0n) is 27.4. The van der Waals surface area contributed by atoms with Gasteiger partial charge in [-0.15, -0.1) is 22.7 Å². The molecule has 244 valence electrons. The molecule has 1 fully saturated rings. The predicted molar refractivity (Wildman–Crippen MR) is 215 cm³/mol. The van der Waals surface area contributed by atoms with Crippen LogP contribution >= 0.6 is 22.7 Å². The number of benzene rings is 7. The number of rotatable bonds is 4. The predicted octanol–water partition coefficient (Wildman–Crippen LogP) is 12.2. The van der Waals surface area contributed by atoms with Crippen LogP contribution in [0.2, 0.25) is 0 Å². The first-order chi connectivity index (χ1) is 25.2. The van der Waals surface area contributed by atoms with Crippen molar-refractivity contribution in [3.63, 3.8) is 0 Å². The fraction of sp³-hybridized carbons (Fsp3) is 0.0667. The van der Waals surface area contributed by atoms with E-state index in [1.165, 1.54) is 68.2 Å². The van der Waals surface area contributed by atoms with Crippen LogP contribution in [0.25, 0.3) is 73.4 Å². The van der Waals surface area contributed by atoms with Gasteiger partial charge in [-0.2, -0.15) is 0 Å². The third kappa shape index (κ3) is 4.76. The zero-order valence-corrected chi connectivity index (χ0v) is 29.0. The summed E-state index contributed by atoms with van der Waals surface area (Å²) in [7, 11) is 0. The van der Waals surface area contributed by atoms with E-state index in [-0.39, 0.29) is 18.5 Å². The largest absolute Gasteiger partial charge is 0.456 e. The lowest BCUT2D eigenvalue weighted by Crippen LogP contribution is -2.54. The average molecular weight is 694 g/mol. The topological polar surface area (TPSA) is 49.2 Å². The average Bonchev–Trinajstić information content (AvgIpc) is 3.88. The van der Waals surface area contributed by atoms with Gasteiger partial charge in [0.25, 0.3) is 0 Å². The lowest BCUT2D eigenvalue weighted by atomic mass is 9.99. The van der Waals surface area contributed by atoms with E-state index in [4.69, 9.17) is 4.42 Å². The van der Waals surface area contributed by atoms with Crippen molar-refractivity contribution in [2.24, 2.45) is 0 Å². The third-order valence-corrected chi connectivity index (χ3v) is 12.8. The first-order valence-corrected chi connectivity index (χ1v) is 19.0. The summed E-state index contributed by atoms with van der Waals surface area (Å²) in [4.78, 5) is 0. The number of fused-ring (bicyclic) bond motifs is 9. The van der Waals surface area contributed by atoms with Crippen LogP contribution in [0.5, 0.6) is 0 Å². The van der Waals surface area contributed by atoms with Gasteiger partial charge in [0.1, 0.15) is 11.2 Å². The van der Waals surface area contributed by atoms with Gasteiger partial charge in [-0.1, -0.05) is 109 Å². The van der Waals surface area contributed by atoms with Crippen molar-refractivity contribution >= 4 is 85.0 Å². The number of nitrogens with one attached hydrogen (secondary N) is 3. The Labute approximate surface area is 302 Å². The van der Waals surface area contributed by atoms with Gasteiger partial charge in [0.15, 0.2) is 0 Å². The monoisotopic (exact) mass is 693 g/mol. The molecule has 1 aliphatic heterocycles. The standard InChI is InChI=1S/C45H31N3OS2/c1-2-10-26(11-3-1)43-46-44(48-45(47-43)34-16-9-19-40-41(34)33-13-5-7-18-39(33)50-40)28-21-23-36-35(24-28)30-22-20-27(25-37(30)49-36)29-14-8-15-32-31-12-4-6-17-38(31)51-42(29)32/h1-25,43-48H. The van der Waals surface area contributed by atoms with Gasteiger partial charge >= 0.3 is 0 Å². The quantitative estimate of drug-likeness (QED) is 0.172. The Morgan fingerprint density at radius 3 is 2.02 bits per heavy atom. The van der Waals surface area contributed by atoms with Crippen LogP contribution in [0.15, 0.2) is 156 Å². The summed E-state index contributed by atoms with van der Waals surface area (Å²) in [6, 6.07) is 54.7. The smallest absolute Gasteiger partial charge is 0.136 e. The number of furan rings is 1. The summed E-state index contributed by atoms with van der Waals surface area (Å²) in [5.74, 6) is 0. The maximum absolute atomic E-state index is 6.54. The molecule has 0 amide bonds. The minimum absolute atomic E-state index is 0.0569. The SMILES string of the molecule is c1ccc(C2NC(c3ccc4oc5cc(-c6cccc7c6sc6ccccc67)ccc5c4c3)NC(c3cccc4sc5ccccc5c34)N2)cc1. The second kappa shape index (κ2) is 11.6. The number of hydrogen-bond donors (Lipinski definition) is 3. The molecule has 1 saturated heterocycles. The van der Waals surface area contributed by atoms with E-state index in [1.807, 2.05) is 22.7 Å². The third-order valence-electron chi connectivity index (χ3n) is 10.4. The van der Waals surface area contributed by atoms with E-state index >= 15 is 0 Å². The molecule has 0 radical (unpaired) electrons. The van der Waals surface area contributed by atoms with Crippen molar-refractivity contribution in [2.45, 2.75) is 18.5 Å². The van der Waals surface area contributed by atoms with Crippen molar-refractivity contribution in [1.82, 2.24) is 16.0 Å². The summed E-state index contributed by atoms with van der Waals surface area (Å²) < 4.78 is 11.8. The van der Waals surface area contributed by atoms with Gasteiger partial charge in [-0.25, -0.2) is 0 Å². The Morgan fingerprint density at radius 1 is 0.431 bits per heavy atom. The molecular weight excluding hydrogens is 663 g/mol. The summed E-state index contributed by atoms with van der Waals surface area (Å²) in [6.07, 6.45) is -0.251. The molecule has 3 atom stereocenters. The molecule has 4 nitrogen and oxygen atoms in total. The van der Waals surface area contributed by atoms with Gasteiger partial charge in [-0.3, -0.25) is 16.0 Å². The molecule has 10 aromatic rings. The highest BCUT2D eigenvalue weighted by molar-refractivity contribution is 7.26. The maximum atomic E-state index is 6.54. The van der Waals surface area contributed by atoms with Crippen LogP contribution in [-0.2, 0) is 0 Å². The Kier molecular flexibility index (Phi) is 6.69. The Hall–Kier alpha value is -5.34. The van der Waals surface area contributed by atoms with Crippen molar-refractivity contribution in [1.29, 1.82) is 0 Å². The molecule has 3 aromatic heterocycles. The number of thiophene rings is 2. The van der Waals surface area contributed by atoms with Crippen molar-refractivity contribution < 1.29 is 4.42 Å². The van der Waals surface area contributed by atoms with Crippen molar-refractivity contribution in [3.8, 4) is 11.1 Å². The summed E-state index contributed by atoms with van der Waals surface area (Å²) in [6.45, 7) is 0. The molecule has 1 aliphatic rings. The van der Waals surface area contributed by atoms with Crippen LogP contribution in [-0.4, -0.2) is 0 Å². The highest BCUT2D eigenvalue weighted by atomic mass is 32.1. The summed E-state index contributed by atoms with van der Waals surface area (Å²) in [5, 5.41) is 19.2. The first-order valence-electron chi connectivity index (χ1n) is 17.4. The van der Waals surface area contributed by atoms with Gasteiger partial charge in [0, 0.05) is 51.1 Å². The molecule has 0 aliphatic carbocycles. The molecule has 3 N–H and O–H groups in total. The van der Waals surface area contributed by atoms with Gasteiger partial charge < -0.3 is 4.42 Å². The van der Waals surface area contributed by atoms with E-state index in [9.17, 15) is 0 Å². The fourth-order valence-corrected chi connectivity index (χ4v) is 10.4. The molecule has 0 bridgehead atoms. The molecule has 0 saturated carbocycles. The van der Waals surface area contributed by atoms with E-state index in [1.54, 1.807) is 0 Å².